The van der Waals surface area contributed by atoms with E-state index < -0.39 is 5.82 Å². The maximum absolute atomic E-state index is 14.2. The molecular formula is C17H18ClFN2O2. The normalized spacial score (nSPS) is 18.3. The van der Waals surface area contributed by atoms with Crippen molar-refractivity contribution in [3.05, 3.63) is 40.4 Å². The number of benzene rings is 1. The minimum absolute atomic E-state index is 0.111. The minimum atomic E-state index is -0.521. The van der Waals surface area contributed by atoms with Gasteiger partial charge in [0.2, 0.25) is 0 Å². The average Bonchev–Trinajstić information content (AvgIpc) is 2.88. The van der Waals surface area contributed by atoms with E-state index in [1.807, 2.05) is 0 Å². The highest BCUT2D eigenvalue weighted by Crippen LogP contribution is 2.34. The molecule has 6 heteroatoms. The first kappa shape index (κ1) is 16.0. The molecule has 1 aromatic carbocycles. The smallest absolute Gasteiger partial charge is 0.259 e. The summed E-state index contributed by atoms with van der Waals surface area (Å²) in [4.78, 5) is 14.7. The molecule has 1 atom stereocenters. The molecule has 0 radical (unpaired) electrons. The van der Waals surface area contributed by atoms with E-state index in [4.69, 9.17) is 16.1 Å². The summed E-state index contributed by atoms with van der Waals surface area (Å²) in [6.07, 6.45) is 2.07. The summed E-state index contributed by atoms with van der Waals surface area (Å²) in [6.45, 7) is 5.16. The number of rotatable bonds is 2. The lowest BCUT2D eigenvalue weighted by atomic mass is 9.98. The number of hydrogen-bond acceptors (Lipinski definition) is 3. The van der Waals surface area contributed by atoms with Crippen LogP contribution in [-0.2, 0) is 0 Å². The molecule has 1 unspecified atom stereocenters. The van der Waals surface area contributed by atoms with Gasteiger partial charge in [-0.15, -0.1) is 0 Å². The minimum Gasteiger partial charge on any atom is -0.360 e. The molecule has 3 rings (SSSR count). The zero-order chi connectivity index (χ0) is 16.6. The molecule has 122 valence electrons. The average molecular weight is 337 g/mol. The summed E-state index contributed by atoms with van der Waals surface area (Å²) in [5.74, 6) is 0.132. The fourth-order valence-corrected chi connectivity index (χ4v) is 3.30. The van der Waals surface area contributed by atoms with Crippen molar-refractivity contribution in [2.75, 3.05) is 13.1 Å². The van der Waals surface area contributed by atoms with Crippen LogP contribution in [0.3, 0.4) is 0 Å². The third-order valence-electron chi connectivity index (χ3n) is 4.22. The Balaban J connectivity index is 2.04. The zero-order valence-electron chi connectivity index (χ0n) is 13.1. The van der Waals surface area contributed by atoms with Gasteiger partial charge in [-0.1, -0.05) is 29.7 Å². The summed E-state index contributed by atoms with van der Waals surface area (Å²) in [6, 6.07) is 4.38. The molecule has 1 aliphatic heterocycles. The number of amides is 1. The largest absolute Gasteiger partial charge is 0.360 e. The predicted molar refractivity (Wildman–Crippen MR) is 85.9 cm³/mol. The van der Waals surface area contributed by atoms with Gasteiger partial charge in [-0.3, -0.25) is 4.79 Å². The highest BCUT2D eigenvalue weighted by Gasteiger charge is 2.30. The quantitative estimate of drug-likeness (QED) is 0.820. The van der Waals surface area contributed by atoms with Crippen LogP contribution in [0.5, 0.6) is 0 Å². The van der Waals surface area contributed by atoms with Gasteiger partial charge < -0.3 is 9.42 Å². The van der Waals surface area contributed by atoms with Crippen molar-refractivity contribution >= 4 is 17.5 Å². The van der Waals surface area contributed by atoms with Crippen molar-refractivity contribution in [2.45, 2.75) is 26.7 Å². The van der Waals surface area contributed by atoms with Crippen molar-refractivity contribution in [1.29, 1.82) is 0 Å². The van der Waals surface area contributed by atoms with E-state index in [1.165, 1.54) is 12.1 Å². The van der Waals surface area contributed by atoms with Gasteiger partial charge >= 0.3 is 0 Å². The number of likely N-dealkylation sites (tertiary alicyclic amines) is 1. The van der Waals surface area contributed by atoms with E-state index in [0.29, 0.717) is 30.3 Å². The van der Waals surface area contributed by atoms with Crippen LogP contribution in [0.4, 0.5) is 4.39 Å². The number of halogens is 2. The van der Waals surface area contributed by atoms with Crippen LogP contribution >= 0.6 is 11.6 Å². The second-order valence-corrected chi connectivity index (χ2v) is 6.46. The molecule has 1 saturated heterocycles. The van der Waals surface area contributed by atoms with Gasteiger partial charge in [0.25, 0.3) is 5.91 Å². The van der Waals surface area contributed by atoms with Crippen LogP contribution in [-0.4, -0.2) is 29.1 Å². The maximum atomic E-state index is 14.2. The number of hydrogen-bond donors (Lipinski definition) is 0. The fraction of sp³-hybridized carbons (Fsp3) is 0.412. The summed E-state index contributed by atoms with van der Waals surface area (Å²) in [7, 11) is 0. The maximum Gasteiger partial charge on any atom is 0.259 e. The van der Waals surface area contributed by atoms with Crippen LogP contribution in [0, 0.1) is 18.7 Å². The number of nitrogens with zero attached hydrogens (tertiary/aromatic N) is 2. The Labute approximate surface area is 139 Å². The molecule has 4 nitrogen and oxygen atoms in total. The topological polar surface area (TPSA) is 46.3 Å². The van der Waals surface area contributed by atoms with Gasteiger partial charge in [0.1, 0.15) is 22.8 Å². The third kappa shape index (κ3) is 2.98. The van der Waals surface area contributed by atoms with Gasteiger partial charge in [-0.2, -0.15) is 0 Å². The second-order valence-electron chi connectivity index (χ2n) is 6.06. The zero-order valence-corrected chi connectivity index (χ0v) is 13.9. The molecule has 0 saturated carbocycles. The molecule has 0 N–H and O–H groups in total. The highest BCUT2D eigenvalue weighted by atomic mass is 35.5. The van der Waals surface area contributed by atoms with E-state index >= 15 is 0 Å². The van der Waals surface area contributed by atoms with Crippen LogP contribution in [0.1, 0.15) is 35.9 Å². The second kappa shape index (κ2) is 6.32. The summed E-state index contributed by atoms with van der Waals surface area (Å²) < 4.78 is 19.4. The molecule has 23 heavy (non-hydrogen) atoms. The Hall–Kier alpha value is -1.88. The molecule has 0 spiro atoms. The lowest BCUT2D eigenvalue weighted by Crippen LogP contribution is -2.39. The molecule has 1 aliphatic rings. The van der Waals surface area contributed by atoms with Crippen LogP contribution in [0.15, 0.2) is 22.7 Å². The SMILES string of the molecule is Cc1onc(-c2c(F)cccc2Cl)c1C(=O)N1CCCC(C)C1. The van der Waals surface area contributed by atoms with E-state index in [2.05, 4.69) is 12.1 Å². The Bertz CT molecular complexity index is 724. The molecule has 1 amide bonds. The first-order chi connectivity index (χ1) is 11.0. The number of carbonyl (C=O) groups is 1. The van der Waals surface area contributed by atoms with Crippen LogP contribution < -0.4 is 0 Å². The van der Waals surface area contributed by atoms with Gasteiger partial charge in [0, 0.05) is 13.1 Å². The number of carbonyl (C=O) groups excluding carboxylic acids is 1. The van der Waals surface area contributed by atoms with Crippen molar-refractivity contribution in [1.82, 2.24) is 10.1 Å². The lowest BCUT2D eigenvalue weighted by molar-refractivity contribution is 0.0682. The molecule has 2 aromatic rings. The van der Waals surface area contributed by atoms with Gasteiger partial charge in [0.15, 0.2) is 0 Å². The number of aromatic nitrogens is 1. The Morgan fingerprint density at radius 2 is 2.26 bits per heavy atom. The summed E-state index contributed by atoms with van der Waals surface area (Å²) in [5.41, 5.74) is 0.583. The van der Waals surface area contributed by atoms with Crippen LogP contribution in [0.25, 0.3) is 11.3 Å². The molecule has 0 bridgehead atoms. The standard InChI is InChI=1S/C17H18ClFN2O2/c1-10-5-4-8-21(9-10)17(22)14-11(2)23-20-16(14)15-12(18)6-3-7-13(15)19/h3,6-7,10H,4-5,8-9H2,1-2H3. The van der Waals surface area contributed by atoms with Crippen molar-refractivity contribution in [3.63, 3.8) is 0 Å². The number of piperidine rings is 1. The highest BCUT2D eigenvalue weighted by molar-refractivity contribution is 6.33. The first-order valence-electron chi connectivity index (χ1n) is 7.69. The van der Waals surface area contributed by atoms with Crippen LogP contribution in [0.2, 0.25) is 5.02 Å². The molecule has 1 fully saturated rings. The number of aryl methyl sites for hydroxylation is 1. The molecule has 2 heterocycles. The van der Waals surface area contributed by atoms with E-state index in [1.54, 1.807) is 17.9 Å². The van der Waals surface area contributed by atoms with E-state index in [9.17, 15) is 9.18 Å². The molecule has 1 aromatic heterocycles. The summed E-state index contributed by atoms with van der Waals surface area (Å²) >= 11 is 6.11. The summed E-state index contributed by atoms with van der Waals surface area (Å²) in [5, 5.41) is 4.10. The van der Waals surface area contributed by atoms with E-state index in [-0.39, 0.29) is 22.2 Å². The molecular weight excluding hydrogens is 319 g/mol. The fourth-order valence-electron chi connectivity index (χ4n) is 3.05. The van der Waals surface area contributed by atoms with Crippen molar-refractivity contribution in [2.24, 2.45) is 5.92 Å². The Morgan fingerprint density at radius 1 is 1.48 bits per heavy atom. The van der Waals surface area contributed by atoms with Gasteiger partial charge in [-0.25, -0.2) is 4.39 Å². The van der Waals surface area contributed by atoms with Crippen molar-refractivity contribution in [3.8, 4) is 11.3 Å². The molecule has 0 aliphatic carbocycles. The Morgan fingerprint density at radius 3 is 2.96 bits per heavy atom. The third-order valence-corrected chi connectivity index (χ3v) is 4.54. The lowest BCUT2D eigenvalue weighted by Gasteiger charge is -2.30. The van der Waals surface area contributed by atoms with Gasteiger partial charge in [-0.05, 0) is 37.8 Å². The monoisotopic (exact) mass is 336 g/mol. The van der Waals surface area contributed by atoms with E-state index in [0.717, 1.165) is 12.8 Å². The van der Waals surface area contributed by atoms with Gasteiger partial charge in [0.05, 0.1) is 10.6 Å². The Kier molecular flexibility index (Phi) is 4.39. The van der Waals surface area contributed by atoms with Crippen molar-refractivity contribution < 1.29 is 13.7 Å². The first-order valence-corrected chi connectivity index (χ1v) is 8.06. The predicted octanol–water partition coefficient (Wildman–Crippen LogP) is 4.31.